The normalized spacial score (nSPS) is 18.0. The molecular formula is C36H39N9O5. The number of methoxy groups -OCH3 is 1. The van der Waals surface area contributed by atoms with E-state index >= 15 is 0 Å². The number of carbonyl (C=O) groups excluding carboxylic acids is 2. The Morgan fingerprint density at radius 1 is 1.04 bits per heavy atom. The minimum absolute atomic E-state index is 0.0320. The number of benzene rings is 2. The van der Waals surface area contributed by atoms with Crippen LogP contribution in [0.3, 0.4) is 0 Å². The Hall–Kier alpha value is -5.44. The maximum absolute atomic E-state index is 13.7. The van der Waals surface area contributed by atoms with Crippen molar-refractivity contribution in [1.82, 2.24) is 39.7 Å². The third-order valence-electron chi connectivity index (χ3n) is 9.32. The number of rotatable bonds is 11. The van der Waals surface area contributed by atoms with Crippen LogP contribution in [-0.4, -0.2) is 115 Å². The summed E-state index contributed by atoms with van der Waals surface area (Å²) in [6.45, 7) is 2.33. The number of nitrogens with zero attached hydrogens (tertiary/aromatic N) is 7. The first kappa shape index (κ1) is 33.1. The molecule has 0 bridgehead atoms. The zero-order chi connectivity index (χ0) is 34.7. The molecule has 1 fully saturated rings. The monoisotopic (exact) mass is 677 g/mol. The van der Waals surface area contributed by atoms with E-state index in [1.165, 1.54) is 5.57 Å². The number of fused-ring (bicyclic) bond motifs is 1. The standard InChI is InChI=1S/C36H39N9O5/c1-43-23-38-34(42-43)26-5-3-24(4-6-26)25-11-14-45(15-12-25)32(47)21-44-16-13-36(22-44,49-2)35(48)39-28-8-9-30-29(19-28)33(41-40-30)27-7-10-31(37-20-27)50-18-17-46/h3-11,19-20,23,46H,12-18,21-22H2,1-2H3,(H,39,48)(H,40,41)/t36-/m0/s1. The van der Waals surface area contributed by atoms with E-state index in [0.29, 0.717) is 55.7 Å². The average molecular weight is 678 g/mol. The van der Waals surface area contributed by atoms with Crippen molar-refractivity contribution in [3.63, 3.8) is 0 Å². The molecular weight excluding hydrogens is 638 g/mol. The van der Waals surface area contributed by atoms with Crippen LogP contribution in [0, 0.1) is 0 Å². The molecule has 50 heavy (non-hydrogen) atoms. The summed E-state index contributed by atoms with van der Waals surface area (Å²) < 4.78 is 12.9. The van der Waals surface area contributed by atoms with Gasteiger partial charge in [0, 0.05) is 74.8 Å². The van der Waals surface area contributed by atoms with E-state index in [4.69, 9.17) is 14.6 Å². The zero-order valence-corrected chi connectivity index (χ0v) is 28.0. The van der Waals surface area contributed by atoms with Crippen LogP contribution in [0.2, 0.25) is 0 Å². The first-order valence-corrected chi connectivity index (χ1v) is 16.5. The number of likely N-dealkylation sites (tertiary alicyclic amines) is 1. The average Bonchev–Trinajstić information content (AvgIpc) is 3.90. The number of ether oxygens (including phenoxy) is 2. The van der Waals surface area contributed by atoms with Crippen LogP contribution in [0.4, 0.5) is 5.69 Å². The predicted molar refractivity (Wildman–Crippen MR) is 187 cm³/mol. The van der Waals surface area contributed by atoms with Gasteiger partial charge in [0.15, 0.2) is 11.4 Å². The van der Waals surface area contributed by atoms with E-state index in [-0.39, 0.29) is 31.6 Å². The molecule has 14 nitrogen and oxygen atoms in total. The van der Waals surface area contributed by atoms with Crippen molar-refractivity contribution in [3.8, 4) is 28.5 Å². The molecule has 2 aliphatic rings. The van der Waals surface area contributed by atoms with Gasteiger partial charge in [-0.25, -0.2) is 9.97 Å². The Bertz CT molecular complexity index is 2020. The maximum Gasteiger partial charge on any atom is 0.258 e. The highest BCUT2D eigenvalue weighted by atomic mass is 16.5. The maximum atomic E-state index is 13.7. The van der Waals surface area contributed by atoms with E-state index in [0.717, 1.165) is 34.0 Å². The van der Waals surface area contributed by atoms with Gasteiger partial charge >= 0.3 is 0 Å². The van der Waals surface area contributed by atoms with Crippen molar-refractivity contribution >= 4 is 34.0 Å². The molecule has 0 radical (unpaired) electrons. The van der Waals surface area contributed by atoms with Gasteiger partial charge in [0.25, 0.3) is 5.91 Å². The molecule has 2 amide bonds. The smallest absolute Gasteiger partial charge is 0.258 e. The topological polar surface area (TPSA) is 164 Å². The lowest BCUT2D eigenvalue weighted by molar-refractivity contribution is -0.138. The number of aryl methyl sites for hydroxylation is 1. The Balaban J connectivity index is 0.952. The van der Waals surface area contributed by atoms with E-state index in [1.807, 2.05) is 53.2 Å². The number of aliphatic hydroxyl groups excluding tert-OH is 1. The number of hydrogen-bond acceptors (Lipinski definition) is 10. The van der Waals surface area contributed by atoms with Crippen LogP contribution >= 0.6 is 0 Å². The zero-order valence-electron chi connectivity index (χ0n) is 28.0. The summed E-state index contributed by atoms with van der Waals surface area (Å²) in [6.07, 6.45) is 6.69. The molecule has 0 spiro atoms. The molecule has 5 aromatic rings. The Labute approximate surface area is 288 Å². The van der Waals surface area contributed by atoms with E-state index < -0.39 is 5.60 Å². The second-order valence-corrected chi connectivity index (χ2v) is 12.5. The number of pyridine rings is 1. The largest absolute Gasteiger partial charge is 0.475 e. The molecule has 0 aliphatic carbocycles. The SMILES string of the molecule is CO[C@@]1(C(=O)Nc2ccc3[nH]nc(-c4ccc(OCCO)nc4)c3c2)CCN(CC(=O)N2CC=C(c3ccc(-c4ncn(C)n4)cc3)CC2)C1. The first-order valence-electron chi connectivity index (χ1n) is 16.5. The van der Waals surface area contributed by atoms with Crippen molar-refractivity contribution in [2.24, 2.45) is 7.05 Å². The molecule has 258 valence electrons. The molecule has 3 aromatic heterocycles. The highest BCUT2D eigenvalue weighted by molar-refractivity contribution is 6.01. The highest BCUT2D eigenvalue weighted by Crippen LogP contribution is 2.31. The lowest BCUT2D eigenvalue weighted by Gasteiger charge is -2.30. The molecule has 7 rings (SSSR count). The summed E-state index contributed by atoms with van der Waals surface area (Å²) in [7, 11) is 3.39. The Morgan fingerprint density at radius 2 is 1.86 bits per heavy atom. The molecule has 0 unspecified atom stereocenters. The minimum atomic E-state index is -1.09. The van der Waals surface area contributed by atoms with Gasteiger partial charge in [-0.1, -0.05) is 30.3 Å². The fourth-order valence-corrected chi connectivity index (χ4v) is 6.50. The summed E-state index contributed by atoms with van der Waals surface area (Å²) in [4.78, 5) is 39.5. The Morgan fingerprint density at radius 3 is 2.56 bits per heavy atom. The van der Waals surface area contributed by atoms with Crippen molar-refractivity contribution in [2.45, 2.75) is 18.4 Å². The van der Waals surface area contributed by atoms with Crippen molar-refractivity contribution in [1.29, 1.82) is 0 Å². The van der Waals surface area contributed by atoms with E-state index in [9.17, 15) is 9.59 Å². The van der Waals surface area contributed by atoms with Crippen LogP contribution in [-0.2, 0) is 21.4 Å². The summed E-state index contributed by atoms with van der Waals surface area (Å²) in [5.74, 6) is 0.872. The van der Waals surface area contributed by atoms with Gasteiger partial charge in [-0.3, -0.25) is 24.3 Å². The molecule has 5 heterocycles. The van der Waals surface area contributed by atoms with Crippen LogP contribution in [0.25, 0.3) is 39.1 Å². The molecule has 3 N–H and O–H groups in total. The molecule has 1 saturated heterocycles. The summed E-state index contributed by atoms with van der Waals surface area (Å²) >= 11 is 0. The van der Waals surface area contributed by atoms with Gasteiger partial charge in [0.05, 0.1) is 18.7 Å². The highest BCUT2D eigenvalue weighted by Gasteiger charge is 2.45. The van der Waals surface area contributed by atoms with Crippen molar-refractivity contribution in [3.05, 3.63) is 78.8 Å². The predicted octanol–water partition coefficient (Wildman–Crippen LogP) is 3.14. The fourth-order valence-electron chi connectivity index (χ4n) is 6.50. The second-order valence-electron chi connectivity index (χ2n) is 12.5. The molecule has 0 saturated carbocycles. The van der Waals surface area contributed by atoms with Gasteiger partial charge in [-0.15, -0.1) is 0 Å². The lowest BCUT2D eigenvalue weighted by atomic mass is 9.98. The van der Waals surface area contributed by atoms with Crippen molar-refractivity contribution < 1.29 is 24.2 Å². The first-order chi connectivity index (χ1) is 24.3. The minimum Gasteiger partial charge on any atom is -0.475 e. The van der Waals surface area contributed by atoms with Gasteiger partial charge in [0.1, 0.15) is 18.6 Å². The van der Waals surface area contributed by atoms with E-state index in [1.54, 1.807) is 30.4 Å². The Kier molecular flexibility index (Phi) is 9.39. The number of aromatic nitrogens is 6. The van der Waals surface area contributed by atoms with Crippen LogP contribution < -0.4 is 10.1 Å². The van der Waals surface area contributed by atoms with Gasteiger partial charge in [0.2, 0.25) is 11.8 Å². The number of hydrogen-bond donors (Lipinski definition) is 3. The number of amides is 2. The lowest BCUT2D eigenvalue weighted by Crippen LogP contribution is -2.48. The van der Waals surface area contributed by atoms with Crippen LogP contribution in [0.15, 0.2) is 73.2 Å². The summed E-state index contributed by atoms with van der Waals surface area (Å²) in [6, 6.07) is 17.3. The van der Waals surface area contributed by atoms with Crippen LogP contribution in [0.5, 0.6) is 5.88 Å². The molecule has 1 atom stereocenters. The van der Waals surface area contributed by atoms with Gasteiger partial charge in [-0.2, -0.15) is 10.2 Å². The quantitative estimate of drug-likeness (QED) is 0.189. The number of anilines is 1. The van der Waals surface area contributed by atoms with Gasteiger partial charge < -0.3 is 24.8 Å². The summed E-state index contributed by atoms with van der Waals surface area (Å²) in [5.41, 5.74) is 5.08. The van der Waals surface area contributed by atoms with E-state index in [2.05, 4.69) is 48.8 Å². The third-order valence-corrected chi connectivity index (χ3v) is 9.32. The number of aromatic amines is 1. The number of aliphatic hydroxyl groups is 1. The molecule has 2 aliphatic heterocycles. The second kappa shape index (κ2) is 14.2. The van der Waals surface area contributed by atoms with Gasteiger partial charge in [-0.05, 0) is 48.2 Å². The number of nitrogens with one attached hydrogen (secondary N) is 2. The number of carbonyl (C=O) groups is 2. The number of H-pyrrole nitrogens is 1. The molecule has 14 heteroatoms. The van der Waals surface area contributed by atoms with Crippen LogP contribution in [0.1, 0.15) is 18.4 Å². The third kappa shape index (κ3) is 6.85. The van der Waals surface area contributed by atoms with Crippen molar-refractivity contribution in [2.75, 3.05) is 58.4 Å². The molecule has 2 aromatic carbocycles. The fraction of sp³-hybridized carbons (Fsp3) is 0.333. The summed E-state index contributed by atoms with van der Waals surface area (Å²) in [5, 5.41) is 24.7.